The summed E-state index contributed by atoms with van der Waals surface area (Å²) in [4.78, 5) is 22.5. The molecule has 0 bridgehead atoms. The zero-order valence-electron chi connectivity index (χ0n) is 11.6. The van der Waals surface area contributed by atoms with Gasteiger partial charge in [0.15, 0.2) is 0 Å². The van der Waals surface area contributed by atoms with E-state index in [9.17, 15) is 9.59 Å². The number of aliphatic hydroxyl groups is 1. The van der Waals surface area contributed by atoms with Crippen LogP contribution < -0.4 is 0 Å². The average molecular weight is 258 g/mol. The fraction of sp³-hybridized carbons (Fsp3) is 0.692. The van der Waals surface area contributed by atoms with Crippen LogP contribution in [0.2, 0.25) is 0 Å². The maximum Gasteiger partial charge on any atom is 0.334 e. The second-order valence-corrected chi connectivity index (χ2v) is 6.04. The Morgan fingerprint density at radius 1 is 1.17 bits per heavy atom. The maximum absolute atomic E-state index is 11.9. The molecule has 0 aromatic carbocycles. The number of carboxylic acids is 1. The smallest absolute Gasteiger partial charge is 0.334 e. The highest BCUT2D eigenvalue weighted by Crippen LogP contribution is 2.27. The molecule has 0 aliphatic heterocycles. The molecule has 0 aromatic heterocycles. The van der Waals surface area contributed by atoms with Gasteiger partial charge in [-0.3, -0.25) is 0 Å². The van der Waals surface area contributed by atoms with E-state index in [1.165, 1.54) is 0 Å². The highest BCUT2D eigenvalue weighted by Gasteiger charge is 2.28. The number of esters is 1. The summed E-state index contributed by atoms with van der Waals surface area (Å²) in [6.45, 7) is 8.62. The molecule has 0 amide bonds. The van der Waals surface area contributed by atoms with Gasteiger partial charge in [-0.2, -0.15) is 0 Å². The van der Waals surface area contributed by atoms with Gasteiger partial charge >= 0.3 is 11.9 Å². The lowest BCUT2D eigenvalue weighted by Gasteiger charge is -2.25. The van der Waals surface area contributed by atoms with E-state index < -0.39 is 22.8 Å². The van der Waals surface area contributed by atoms with Crippen LogP contribution in [0.5, 0.6) is 0 Å². The predicted octanol–water partition coefficient (Wildman–Crippen LogP) is 1.61. The summed E-state index contributed by atoms with van der Waals surface area (Å²) < 4.78 is 5.06. The molecule has 0 saturated heterocycles. The van der Waals surface area contributed by atoms with Gasteiger partial charge in [-0.25, -0.2) is 9.59 Å². The van der Waals surface area contributed by atoms with Gasteiger partial charge in [-0.05, 0) is 5.41 Å². The molecule has 0 aromatic rings. The van der Waals surface area contributed by atoms with Crippen molar-refractivity contribution in [2.45, 2.75) is 34.6 Å². The number of ether oxygens (including phenoxy) is 1. The van der Waals surface area contributed by atoms with Crippen LogP contribution in [0.15, 0.2) is 11.6 Å². The van der Waals surface area contributed by atoms with E-state index in [2.05, 4.69) is 0 Å². The molecule has 0 fully saturated rings. The van der Waals surface area contributed by atoms with Crippen LogP contribution in [-0.4, -0.2) is 35.4 Å². The number of hydrogen-bond acceptors (Lipinski definition) is 4. The number of hydrogen-bond donors (Lipinski definition) is 2. The normalized spacial score (nSPS) is 13.3. The van der Waals surface area contributed by atoms with Gasteiger partial charge in [-0.1, -0.05) is 34.6 Å². The van der Waals surface area contributed by atoms with Crippen LogP contribution in [0.4, 0.5) is 0 Å². The summed E-state index contributed by atoms with van der Waals surface area (Å²) in [5, 5.41) is 17.8. The Balaban J connectivity index is 4.87. The number of carboxylic acid groups (broad SMARTS) is 1. The van der Waals surface area contributed by atoms with Gasteiger partial charge in [0, 0.05) is 17.1 Å². The van der Waals surface area contributed by atoms with Crippen molar-refractivity contribution in [2.75, 3.05) is 13.2 Å². The topological polar surface area (TPSA) is 83.8 Å². The fourth-order valence-electron chi connectivity index (χ4n) is 1.09. The Hall–Kier alpha value is -1.36. The summed E-state index contributed by atoms with van der Waals surface area (Å²) in [6.07, 6.45) is 0.869. The van der Waals surface area contributed by atoms with Crippen molar-refractivity contribution in [1.82, 2.24) is 0 Å². The van der Waals surface area contributed by atoms with E-state index in [-0.39, 0.29) is 18.8 Å². The van der Waals surface area contributed by atoms with Gasteiger partial charge in [0.2, 0.25) is 0 Å². The summed E-state index contributed by atoms with van der Waals surface area (Å²) >= 11 is 0. The second-order valence-electron chi connectivity index (χ2n) is 6.04. The van der Waals surface area contributed by atoms with Gasteiger partial charge in [0.1, 0.15) is 0 Å². The predicted molar refractivity (Wildman–Crippen MR) is 67.0 cm³/mol. The molecule has 0 saturated carbocycles. The molecule has 0 spiro atoms. The summed E-state index contributed by atoms with van der Waals surface area (Å²) in [7, 11) is 0. The first-order valence-corrected chi connectivity index (χ1v) is 5.73. The number of aliphatic carboxylic acids is 1. The van der Waals surface area contributed by atoms with Gasteiger partial charge in [0.05, 0.1) is 13.2 Å². The molecule has 2 N–H and O–H groups in total. The maximum atomic E-state index is 11.9. The quantitative estimate of drug-likeness (QED) is 0.578. The zero-order valence-corrected chi connectivity index (χ0v) is 11.6. The first-order valence-electron chi connectivity index (χ1n) is 5.73. The molecule has 5 nitrogen and oxygen atoms in total. The van der Waals surface area contributed by atoms with E-state index in [0.717, 1.165) is 6.08 Å². The Bertz CT molecular complexity index is 347. The molecule has 5 heteroatoms. The third kappa shape index (κ3) is 5.82. The molecule has 0 atom stereocenters. The lowest BCUT2D eigenvalue weighted by Crippen LogP contribution is -2.28. The summed E-state index contributed by atoms with van der Waals surface area (Å²) in [6, 6.07) is 0. The Morgan fingerprint density at radius 2 is 1.67 bits per heavy atom. The number of rotatable bonds is 5. The Morgan fingerprint density at radius 3 is 2.00 bits per heavy atom. The molecule has 0 aliphatic rings. The van der Waals surface area contributed by atoms with Crippen molar-refractivity contribution in [1.29, 1.82) is 0 Å². The van der Waals surface area contributed by atoms with Crippen molar-refractivity contribution >= 4 is 11.9 Å². The van der Waals surface area contributed by atoms with Crippen LogP contribution in [0, 0.1) is 10.8 Å². The highest BCUT2D eigenvalue weighted by molar-refractivity contribution is 5.96. The first kappa shape index (κ1) is 16.6. The molecule has 18 heavy (non-hydrogen) atoms. The lowest BCUT2D eigenvalue weighted by atomic mass is 9.86. The average Bonchev–Trinajstić information content (AvgIpc) is 2.21. The zero-order chi connectivity index (χ0) is 14.6. The van der Waals surface area contributed by atoms with E-state index >= 15 is 0 Å². The Labute approximate surface area is 107 Å². The standard InChI is InChI=1S/C13H22O5/c1-12(2,3)9(6-10(15)16)11(17)18-8-13(4,5)7-14/h6,14H,7-8H2,1-5H3,(H,15,16). The largest absolute Gasteiger partial charge is 0.478 e. The molecule has 0 aliphatic carbocycles. The van der Waals surface area contributed by atoms with Crippen molar-refractivity contribution < 1.29 is 24.5 Å². The Kier molecular flexibility index (Phi) is 5.55. The molecule has 104 valence electrons. The third-order valence-corrected chi connectivity index (χ3v) is 2.32. The van der Waals surface area contributed by atoms with Crippen LogP contribution in [0.1, 0.15) is 34.6 Å². The molecule has 0 radical (unpaired) electrons. The summed E-state index contributed by atoms with van der Waals surface area (Å²) in [5.74, 6) is -1.84. The minimum absolute atomic E-state index is 0.0371. The van der Waals surface area contributed by atoms with Crippen molar-refractivity contribution in [2.24, 2.45) is 10.8 Å². The van der Waals surface area contributed by atoms with Gasteiger partial charge < -0.3 is 14.9 Å². The van der Waals surface area contributed by atoms with Crippen LogP contribution in [-0.2, 0) is 14.3 Å². The van der Waals surface area contributed by atoms with Crippen LogP contribution in [0.25, 0.3) is 0 Å². The van der Waals surface area contributed by atoms with Crippen molar-refractivity contribution in [3.63, 3.8) is 0 Å². The minimum atomic E-state index is -1.18. The highest BCUT2D eigenvalue weighted by atomic mass is 16.5. The number of aliphatic hydroxyl groups excluding tert-OH is 1. The summed E-state index contributed by atoms with van der Waals surface area (Å²) in [5.41, 5.74) is -1.05. The third-order valence-electron chi connectivity index (χ3n) is 2.32. The van der Waals surface area contributed by atoms with Gasteiger partial charge in [0.25, 0.3) is 0 Å². The van der Waals surface area contributed by atoms with E-state index in [4.69, 9.17) is 14.9 Å². The van der Waals surface area contributed by atoms with Crippen LogP contribution in [0.3, 0.4) is 0 Å². The second kappa shape index (κ2) is 6.00. The van der Waals surface area contributed by atoms with E-state index in [0.29, 0.717) is 0 Å². The fourth-order valence-corrected chi connectivity index (χ4v) is 1.09. The number of carbonyl (C=O) groups excluding carboxylic acids is 1. The number of carbonyl (C=O) groups is 2. The lowest BCUT2D eigenvalue weighted by molar-refractivity contribution is -0.144. The molecule has 0 rings (SSSR count). The first-order chi connectivity index (χ1) is 7.99. The van der Waals surface area contributed by atoms with Crippen molar-refractivity contribution in [3.8, 4) is 0 Å². The van der Waals surface area contributed by atoms with Crippen LogP contribution >= 0.6 is 0 Å². The minimum Gasteiger partial charge on any atom is -0.478 e. The molecular formula is C13H22O5. The molecule has 0 heterocycles. The molecular weight excluding hydrogens is 236 g/mol. The van der Waals surface area contributed by atoms with Crippen molar-refractivity contribution in [3.05, 3.63) is 11.6 Å². The van der Waals surface area contributed by atoms with Gasteiger partial charge in [-0.15, -0.1) is 0 Å². The molecule has 0 unspecified atom stereocenters. The van der Waals surface area contributed by atoms with E-state index in [1.54, 1.807) is 34.6 Å². The monoisotopic (exact) mass is 258 g/mol. The van der Waals surface area contributed by atoms with E-state index in [1.807, 2.05) is 0 Å². The SMILES string of the molecule is CC(C)(CO)COC(=O)C(=CC(=O)O)C(C)(C)C.